The van der Waals surface area contributed by atoms with Gasteiger partial charge in [-0.05, 0) is 56.2 Å². The van der Waals surface area contributed by atoms with Crippen LogP contribution < -0.4 is 14.4 Å². The minimum absolute atomic E-state index is 0.102. The fraction of sp³-hybridized carbons (Fsp3) is 0.308. The Hall–Kier alpha value is -3.41. The number of fused-ring (bicyclic) bond motifs is 1. The number of methoxy groups -OCH3 is 2. The molecule has 11 heteroatoms. The lowest BCUT2D eigenvalue weighted by Crippen LogP contribution is -2.47. The molecule has 4 aromatic rings. The maximum atomic E-state index is 14.1. The lowest BCUT2D eigenvalue weighted by Gasteiger charge is -2.28. The van der Waals surface area contributed by atoms with Gasteiger partial charge in [0.2, 0.25) is 15.9 Å². The van der Waals surface area contributed by atoms with Crippen molar-refractivity contribution in [2.24, 2.45) is 0 Å². The Morgan fingerprint density at radius 2 is 1.86 bits per heavy atom. The molecule has 5 rings (SSSR count). The summed E-state index contributed by atoms with van der Waals surface area (Å²) in [6, 6.07) is 12.9. The quantitative estimate of drug-likeness (QED) is 0.321. The topological polar surface area (TPSA) is 102 Å². The Labute approximate surface area is 219 Å². The van der Waals surface area contributed by atoms with E-state index in [2.05, 4.69) is 0 Å². The van der Waals surface area contributed by atoms with Gasteiger partial charge in [0.15, 0.2) is 5.13 Å². The summed E-state index contributed by atoms with van der Waals surface area (Å²) in [4.78, 5) is 20.5. The van der Waals surface area contributed by atoms with Crippen LogP contribution >= 0.6 is 11.3 Å². The molecule has 0 bridgehead atoms. The fourth-order valence-corrected chi connectivity index (χ4v) is 7.22. The Morgan fingerprint density at radius 3 is 2.54 bits per heavy atom. The van der Waals surface area contributed by atoms with E-state index in [1.807, 2.05) is 6.92 Å². The van der Waals surface area contributed by atoms with Crippen molar-refractivity contribution >= 4 is 42.6 Å². The first kappa shape index (κ1) is 25.2. The van der Waals surface area contributed by atoms with Gasteiger partial charge in [-0.15, -0.1) is 0 Å². The Morgan fingerprint density at radius 1 is 1.14 bits per heavy atom. The molecule has 0 aliphatic carbocycles. The van der Waals surface area contributed by atoms with Crippen molar-refractivity contribution < 1.29 is 27.1 Å². The molecule has 1 saturated heterocycles. The van der Waals surface area contributed by atoms with Gasteiger partial charge >= 0.3 is 0 Å². The van der Waals surface area contributed by atoms with Crippen molar-refractivity contribution in [2.75, 3.05) is 25.7 Å². The van der Waals surface area contributed by atoms with Gasteiger partial charge in [-0.1, -0.05) is 29.0 Å². The second-order valence-electron chi connectivity index (χ2n) is 8.73. The maximum Gasteiger partial charge on any atom is 0.247 e. The number of amides is 1. The molecule has 2 aromatic heterocycles. The zero-order valence-electron chi connectivity index (χ0n) is 20.7. The predicted molar refractivity (Wildman–Crippen MR) is 141 cm³/mol. The van der Waals surface area contributed by atoms with Crippen LogP contribution in [0.25, 0.3) is 10.2 Å². The molecule has 0 spiro atoms. The van der Waals surface area contributed by atoms with Gasteiger partial charge in [0.05, 0.1) is 31.9 Å². The third-order valence-corrected chi connectivity index (χ3v) is 9.42. The number of thiazole rings is 1. The third-order valence-electron chi connectivity index (χ3n) is 6.41. The average molecular weight is 542 g/mol. The van der Waals surface area contributed by atoms with Crippen LogP contribution in [-0.4, -0.2) is 50.4 Å². The van der Waals surface area contributed by atoms with E-state index < -0.39 is 16.1 Å². The molecular weight excluding hydrogens is 514 g/mol. The molecular formula is C26H27N3O6S2. The van der Waals surface area contributed by atoms with Crippen molar-refractivity contribution in [1.82, 2.24) is 9.29 Å². The summed E-state index contributed by atoms with van der Waals surface area (Å²) in [5, 5.41) is 0.402. The summed E-state index contributed by atoms with van der Waals surface area (Å²) >= 11 is 1.28. The molecule has 2 aromatic carbocycles. The van der Waals surface area contributed by atoms with Crippen molar-refractivity contribution in [2.45, 2.75) is 37.2 Å². The second kappa shape index (κ2) is 10.2. The normalized spacial score (nSPS) is 16.2. The first-order valence-electron chi connectivity index (χ1n) is 11.8. The number of rotatable bonds is 8. The lowest BCUT2D eigenvalue weighted by atomic mass is 10.2. The zero-order valence-corrected chi connectivity index (χ0v) is 22.3. The number of furan rings is 1. The van der Waals surface area contributed by atoms with Crippen LogP contribution in [-0.2, 0) is 21.4 Å². The number of ether oxygens (including phenoxy) is 2. The second-order valence-corrected chi connectivity index (χ2v) is 11.6. The van der Waals surface area contributed by atoms with Crippen LogP contribution in [0.2, 0.25) is 0 Å². The molecule has 3 heterocycles. The van der Waals surface area contributed by atoms with E-state index >= 15 is 0 Å². The number of aromatic nitrogens is 1. The number of carbonyl (C=O) groups is 1. The summed E-state index contributed by atoms with van der Waals surface area (Å²) in [6.45, 7) is 2.26. The Balaban J connectivity index is 1.55. The summed E-state index contributed by atoms with van der Waals surface area (Å²) in [7, 11) is -0.746. The van der Waals surface area contributed by atoms with Gasteiger partial charge in [0.25, 0.3) is 0 Å². The first-order chi connectivity index (χ1) is 17.8. The largest absolute Gasteiger partial charge is 0.495 e. The maximum absolute atomic E-state index is 14.1. The molecule has 1 fully saturated rings. The molecule has 1 amide bonds. The number of nitrogens with zero attached hydrogens (tertiary/aromatic N) is 3. The van der Waals surface area contributed by atoms with Gasteiger partial charge in [-0.3, -0.25) is 9.69 Å². The number of aryl methyl sites for hydroxylation is 1. The SMILES string of the molecule is COc1ccc(OC)c2sc(N(Cc3ccco3)C(=O)C3CCCN3S(=O)(=O)c3ccc(C)cc3)nc12. The van der Waals surface area contributed by atoms with E-state index in [4.69, 9.17) is 18.9 Å². The Kier molecular flexibility index (Phi) is 6.93. The summed E-state index contributed by atoms with van der Waals surface area (Å²) in [6.07, 6.45) is 2.53. The van der Waals surface area contributed by atoms with Gasteiger partial charge < -0.3 is 13.9 Å². The van der Waals surface area contributed by atoms with E-state index in [0.717, 1.165) is 10.3 Å². The number of sulfonamides is 1. The Bertz CT molecular complexity index is 1470. The van der Waals surface area contributed by atoms with Crippen LogP contribution in [0.4, 0.5) is 5.13 Å². The molecule has 0 saturated carbocycles. The molecule has 37 heavy (non-hydrogen) atoms. The van der Waals surface area contributed by atoms with Gasteiger partial charge in [0, 0.05) is 6.54 Å². The van der Waals surface area contributed by atoms with Crippen LogP contribution in [0.15, 0.2) is 64.1 Å². The molecule has 1 atom stereocenters. The van der Waals surface area contributed by atoms with Crippen LogP contribution in [0.5, 0.6) is 11.5 Å². The number of benzene rings is 2. The van der Waals surface area contributed by atoms with Gasteiger partial charge in [-0.2, -0.15) is 4.31 Å². The summed E-state index contributed by atoms with van der Waals surface area (Å²) in [5.74, 6) is 1.35. The monoisotopic (exact) mass is 541 g/mol. The number of hydrogen-bond acceptors (Lipinski definition) is 8. The summed E-state index contributed by atoms with van der Waals surface area (Å²) in [5.41, 5.74) is 1.52. The predicted octanol–water partition coefficient (Wildman–Crippen LogP) is 4.60. The third kappa shape index (κ3) is 4.70. The summed E-state index contributed by atoms with van der Waals surface area (Å²) < 4.78 is 45.6. The van der Waals surface area contributed by atoms with E-state index in [9.17, 15) is 13.2 Å². The van der Waals surface area contributed by atoms with Crippen LogP contribution in [0.1, 0.15) is 24.2 Å². The number of anilines is 1. The van der Waals surface area contributed by atoms with Crippen molar-refractivity contribution in [3.63, 3.8) is 0 Å². The smallest absolute Gasteiger partial charge is 0.247 e. The minimum Gasteiger partial charge on any atom is -0.495 e. The van der Waals surface area contributed by atoms with Gasteiger partial charge in [0.1, 0.15) is 33.5 Å². The molecule has 1 unspecified atom stereocenters. The molecule has 0 radical (unpaired) electrons. The average Bonchev–Trinajstić information content (AvgIpc) is 3.67. The lowest BCUT2D eigenvalue weighted by molar-refractivity contribution is -0.121. The van der Waals surface area contributed by atoms with E-state index in [-0.39, 0.29) is 23.9 Å². The van der Waals surface area contributed by atoms with Crippen LogP contribution in [0.3, 0.4) is 0 Å². The highest BCUT2D eigenvalue weighted by molar-refractivity contribution is 7.89. The molecule has 1 aliphatic heterocycles. The fourth-order valence-electron chi connectivity index (χ4n) is 4.49. The van der Waals surface area contributed by atoms with Crippen molar-refractivity contribution in [3.8, 4) is 11.5 Å². The number of carbonyl (C=O) groups excluding carboxylic acids is 1. The standard InChI is InChI=1S/C26H27N3O6S2/c1-17-8-10-19(11-9-17)37(31,32)29-14-4-7-20(29)25(30)28(16-18-6-5-15-35-18)26-27-23-21(33-2)12-13-22(34-3)24(23)36-26/h5-6,8-13,15,20H,4,7,14,16H2,1-3H3. The molecule has 0 N–H and O–H groups in total. The molecule has 194 valence electrons. The van der Waals surface area contributed by atoms with Crippen LogP contribution in [0, 0.1) is 6.92 Å². The molecule has 9 nitrogen and oxygen atoms in total. The highest BCUT2D eigenvalue weighted by Gasteiger charge is 2.42. The number of hydrogen-bond donors (Lipinski definition) is 0. The highest BCUT2D eigenvalue weighted by Crippen LogP contribution is 2.41. The van der Waals surface area contributed by atoms with E-state index in [1.54, 1.807) is 62.8 Å². The van der Waals surface area contributed by atoms with E-state index in [1.165, 1.54) is 26.8 Å². The molecule has 1 aliphatic rings. The minimum atomic E-state index is -3.87. The van der Waals surface area contributed by atoms with E-state index in [0.29, 0.717) is 40.7 Å². The van der Waals surface area contributed by atoms with Crippen molar-refractivity contribution in [3.05, 3.63) is 66.1 Å². The highest BCUT2D eigenvalue weighted by atomic mass is 32.2. The zero-order chi connectivity index (χ0) is 26.2. The van der Waals surface area contributed by atoms with Gasteiger partial charge in [-0.25, -0.2) is 13.4 Å². The van der Waals surface area contributed by atoms with Crippen molar-refractivity contribution in [1.29, 1.82) is 0 Å². The first-order valence-corrected chi connectivity index (χ1v) is 14.0.